The summed E-state index contributed by atoms with van der Waals surface area (Å²) in [5, 5.41) is 3.80. The number of hydrogen-bond donors (Lipinski definition) is 1. The van der Waals surface area contributed by atoms with Gasteiger partial charge in [-0.05, 0) is 33.1 Å². The molecule has 0 heterocycles. The Bertz CT molecular complexity index is 576. The van der Waals surface area contributed by atoms with Gasteiger partial charge in [-0.2, -0.15) is 0 Å². The Morgan fingerprint density at radius 2 is 1.08 bits per heavy atom. The van der Waals surface area contributed by atoms with Gasteiger partial charge in [0.1, 0.15) is 13.2 Å². The molecule has 0 spiro atoms. The van der Waals surface area contributed by atoms with Crippen molar-refractivity contribution in [2.45, 2.75) is 149 Å². The molecule has 1 N–H and O–H groups in total. The van der Waals surface area contributed by atoms with Crippen LogP contribution in [0.25, 0.3) is 0 Å². The van der Waals surface area contributed by atoms with Gasteiger partial charge in [0.2, 0.25) is 0 Å². The molecule has 0 aliphatic rings. The highest BCUT2D eigenvalue weighted by Crippen LogP contribution is 2.14. The Kier molecular flexibility index (Phi) is 27.2. The van der Waals surface area contributed by atoms with Crippen LogP contribution in [0, 0.1) is 0 Å². The monoisotopic (exact) mass is 587 g/mol. The van der Waals surface area contributed by atoms with E-state index in [4.69, 9.17) is 9.47 Å². The van der Waals surface area contributed by atoms with E-state index in [0.29, 0.717) is 13.0 Å². The molecule has 0 aliphatic heterocycles. The average Bonchev–Trinajstić information content (AvgIpc) is 2.88. The van der Waals surface area contributed by atoms with Crippen LogP contribution in [0.1, 0.15) is 149 Å². The normalized spacial score (nSPS) is 10.8. The number of nitrogens with one attached hydrogen (secondary N) is 1. The number of hydrogen-bond acceptors (Lipinski definition) is 4. The molecule has 218 valence electrons. The summed E-state index contributed by atoms with van der Waals surface area (Å²) in [5.74, 6) is -0.193. The number of rotatable bonds is 26. The SMILES string of the molecule is CCCCCCCCCCCCCCCCCCNC(=O)OCC(COC(=O)CCCCCBr)=C(C)C. The summed E-state index contributed by atoms with van der Waals surface area (Å²) < 4.78 is 10.7. The number of unbranched alkanes of at least 4 members (excludes halogenated alkanes) is 17. The van der Waals surface area contributed by atoms with Crippen molar-refractivity contribution < 1.29 is 19.1 Å². The van der Waals surface area contributed by atoms with Gasteiger partial charge in [-0.3, -0.25) is 4.79 Å². The number of alkyl halides is 1. The van der Waals surface area contributed by atoms with Crippen LogP contribution in [0.3, 0.4) is 0 Å². The Labute approximate surface area is 237 Å². The highest BCUT2D eigenvalue weighted by atomic mass is 79.9. The van der Waals surface area contributed by atoms with E-state index in [0.717, 1.165) is 48.6 Å². The van der Waals surface area contributed by atoms with Crippen molar-refractivity contribution in [3.05, 3.63) is 11.1 Å². The number of esters is 1. The van der Waals surface area contributed by atoms with Crippen molar-refractivity contribution in [3.63, 3.8) is 0 Å². The van der Waals surface area contributed by atoms with Crippen LogP contribution in [-0.4, -0.2) is 37.2 Å². The number of allylic oxidation sites excluding steroid dienone is 1. The van der Waals surface area contributed by atoms with Crippen molar-refractivity contribution in [1.82, 2.24) is 5.32 Å². The first-order valence-corrected chi connectivity index (χ1v) is 16.4. The van der Waals surface area contributed by atoms with E-state index in [1.54, 1.807) is 0 Å². The third-order valence-corrected chi connectivity index (χ3v) is 7.37. The van der Waals surface area contributed by atoms with E-state index in [9.17, 15) is 9.59 Å². The molecule has 0 aromatic heterocycles. The van der Waals surface area contributed by atoms with E-state index in [-0.39, 0.29) is 19.2 Å². The van der Waals surface area contributed by atoms with Crippen molar-refractivity contribution >= 4 is 28.0 Å². The zero-order valence-electron chi connectivity index (χ0n) is 24.5. The largest absolute Gasteiger partial charge is 0.461 e. The molecule has 0 unspecified atom stereocenters. The molecule has 0 rings (SSSR count). The maximum Gasteiger partial charge on any atom is 0.407 e. The number of halogens is 1. The molecule has 37 heavy (non-hydrogen) atoms. The fourth-order valence-corrected chi connectivity index (χ4v) is 4.57. The van der Waals surface area contributed by atoms with Crippen LogP contribution in [0.2, 0.25) is 0 Å². The van der Waals surface area contributed by atoms with E-state index >= 15 is 0 Å². The zero-order valence-corrected chi connectivity index (χ0v) is 26.1. The number of alkyl carbamates (subject to hydrolysis) is 1. The highest BCUT2D eigenvalue weighted by Gasteiger charge is 2.09. The topological polar surface area (TPSA) is 64.6 Å². The average molecular weight is 589 g/mol. The first kappa shape index (κ1) is 36.0. The van der Waals surface area contributed by atoms with Crippen LogP contribution >= 0.6 is 15.9 Å². The van der Waals surface area contributed by atoms with E-state index < -0.39 is 6.09 Å². The molecule has 0 radical (unpaired) electrons. The molecular formula is C31H58BrNO4. The van der Waals surface area contributed by atoms with Gasteiger partial charge in [-0.15, -0.1) is 0 Å². The molecule has 5 nitrogen and oxygen atoms in total. The quantitative estimate of drug-likeness (QED) is 0.0473. The van der Waals surface area contributed by atoms with Gasteiger partial charge in [0.25, 0.3) is 0 Å². The Morgan fingerprint density at radius 3 is 1.57 bits per heavy atom. The smallest absolute Gasteiger partial charge is 0.407 e. The van der Waals surface area contributed by atoms with Crippen LogP contribution in [-0.2, 0) is 14.3 Å². The van der Waals surface area contributed by atoms with Gasteiger partial charge in [0.15, 0.2) is 0 Å². The third-order valence-electron chi connectivity index (χ3n) is 6.81. The van der Waals surface area contributed by atoms with E-state index in [1.807, 2.05) is 13.8 Å². The van der Waals surface area contributed by atoms with E-state index in [1.165, 1.54) is 89.9 Å². The Hall–Kier alpha value is -1.04. The molecule has 0 aromatic rings. The summed E-state index contributed by atoms with van der Waals surface area (Å²) in [7, 11) is 0. The highest BCUT2D eigenvalue weighted by molar-refractivity contribution is 9.09. The molecule has 6 heteroatoms. The summed E-state index contributed by atoms with van der Waals surface area (Å²) in [6.07, 6.45) is 24.4. The summed E-state index contributed by atoms with van der Waals surface area (Å²) in [4.78, 5) is 23.9. The minimum absolute atomic E-state index is 0.157. The fourth-order valence-electron chi connectivity index (χ4n) is 4.18. The third kappa shape index (κ3) is 26.4. The fraction of sp³-hybridized carbons (Fsp3) is 0.871. The Morgan fingerprint density at radius 1 is 0.622 bits per heavy atom. The van der Waals surface area contributed by atoms with Crippen LogP contribution in [0.4, 0.5) is 4.79 Å². The standard InChI is InChI=1S/C31H58BrNO4/c1-4-5-6-7-8-9-10-11-12-13-14-15-16-17-18-22-25-33-31(35)37-27-29(28(2)3)26-36-30(34)23-20-19-21-24-32/h4-27H2,1-3H3,(H,33,35). The molecule has 0 bridgehead atoms. The van der Waals surface area contributed by atoms with Gasteiger partial charge in [-0.1, -0.05) is 131 Å². The summed E-state index contributed by atoms with van der Waals surface area (Å²) in [6, 6.07) is 0. The van der Waals surface area contributed by atoms with Gasteiger partial charge in [0.05, 0.1) is 0 Å². The molecule has 0 atom stereocenters. The molecular weight excluding hydrogens is 530 g/mol. The number of carbonyl (C=O) groups excluding carboxylic acids is 2. The van der Waals surface area contributed by atoms with Crippen molar-refractivity contribution in [2.75, 3.05) is 25.1 Å². The summed E-state index contributed by atoms with van der Waals surface area (Å²) >= 11 is 3.39. The maximum atomic E-state index is 12.0. The van der Waals surface area contributed by atoms with Crippen molar-refractivity contribution in [1.29, 1.82) is 0 Å². The lowest BCUT2D eigenvalue weighted by atomic mass is 10.0. The molecule has 0 fully saturated rings. The van der Waals surface area contributed by atoms with Crippen LogP contribution in [0.5, 0.6) is 0 Å². The number of ether oxygens (including phenoxy) is 2. The lowest BCUT2D eigenvalue weighted by Gasteiger charge is -2.12. The zero-order chi connectivity index (χ0) is 27.4. The minimum atomic E-state index is -0.402. The maximum absolute atomic E-state index is 12.0. The van der Waals surface area contributed by atoms with Crippen molar-refractivity contribution in [3.8, 4) is 0 Å². The first-order chi connectivity index (χ1) is 18.0. The van der Waals surface area contributed by atoms with Crippen LogP contribution < -0.4 is 5.32 Å². The summed E-state index contributed by atoms with van der Waals surface area (Å²) in [6.45, 7) is 7.15. The second-order valence-corrected chi connectivity index (χ2v) is 11.4. The number of amides is 1. The van der Waals surface area contributed by atoms with Gasteiger partial charge < -0.3 is 14.8 Å². The molecule has 1 amide bonds. The summed E-state index contributed by atoms with van der Waals surface area (Å²) in [5.41, 5.74) is 1.85. The number of carbonyl (C=O) groups is 2. The second-order valence-electron chi connectivity index (χ2n) is 10.6. The molecule has 0 aliphatic carbocycles. The molecule has 0 saturated heterocycles. The Balaban J connectivity index is 3.58. The lowest BCUT2D eigenvalue weighted by molar-refractivity contribution is -0.142. The minimum Gasteiger partial charge on any atom is -0.461 e. The molecule has 0 saturated carbocycles. The first-order valence-electron chi connectivity index (χ1n) is 15.3. The predicted octanol–water partition coefficient (Wildman–Crippen LogP) is 9.81. The van der Waals surface area contributed by atoms with Gasteiger partial charge in [-0.25, -0.2) is 4.79 Å². The predicted molar refractivity (Wildman–Crippen MR) is 160 cm³/mol. The van der Waals surface area contributed by atoms with Gasteiger partial charge >= 0.3 is 12.1 Å². The van der Waals surface area contributed by atoms with E-state index in [2.05, 4.69) is 28.2 Å². The lowest BCUT2D eigenvalue weighted by Crippen LogP contribution is -2.26. The van der Waals surface area contributed by atoms with Gasteiger partial charge in [0, 0.05) is 23.9 Å². The van der Waals surface area contributed by atoms with Crippen molar-refractivity contribution in [2.24, 2.45) is 0 Å². The van der Waals surface area contributed by atoms with Crippen LogP contribution in [0.15, 0.2) is 11.1 Å². The second kappa shape index (κ2) is 28.0. The molecule has 0 aromatic carbocycles.